The minimum absolute atomic E-state index is 0.192. The molecule has 0 amide bonds. The largest absolute Gasteiger partial charge is 0.319 e. The third kappa shape index (κ3) is 2.87. The summed E-state index contributed by atoms with van der Waals surface area (Å²) in [6.45, 7) is 8.82. The first-order valence-electron chi connectivity index (χ1n) is 6.47. The van der Waals surface area contributed by atoms with Gasteiger partial charge in [0, 0.05) is 23.7 Å². The molecule has 2 heterocycles. The highest BCUT2D eigenvalue weighted by Crippen LogP contribution is 2.32. The van der Waals surface area contributed by atoms with Crippen LogP contribution in [0.5, 0.6) is 0 Å². The van der Waals surface area contributed by atoms with E-state index in [1.165, 1.54) is 13.0 Å². The second-order valence-corrected chi connectivity index (χ2v) is 6.29. The Bertz CT molecular complexity index is 374. The second kappa shape index (κ2) is 5.04. The van der Waals surface area contributed by atoms with Gasteiger partial charge in [-0.3, -0.25) is 0 Å². The molecule has 0 bridgehead atoms. The number of aromatic nitrogens is 1. The number of nitrogens with zero attached hydrogens (tertiary/aromatic N) is 2. The van der Waals surface area contributed by atoms with Gasteiger partial charge >= 0.3 is 0 Å². The monoisotopic (exact) mass is 253 g/mol. The molecule has 4 heteroatoms. The highest BCUT2D eigenvalue weighted by molar-refractivity contribution is 7.09. The van der Waals surface area contributed by atoms with Crippen molar-refractivity contribution in [2.24, 2.45) is 5.73 Å². The summed E-state index contributed by atoms with van der Waals surface area (Å²) < 4.78 is 0. The van der Waals surface area contributed by atoms with Gasteiger partial charge in [-0.15, -0.1) is 11.3 Å². The molecule has 96 valence electrons. The molecule has 0 spiro atoms. The molecule has 1 aliphatic heterocycles. The van der Waals surface area contributed by atoms with E-state index >= 15 is 0 Å². The number of likely N-dealkylation sites (tertiary alicyclic amines) is 1. The molecular weight excluding hydrogens is 230 g/mol. The first kappa shape index (κ1) is 13.0. The van der Waals surface area contributed by atoms with Crippen molar-refractivity contribution >= 4 is 11.3 Å². The maximum Gasteiger partial charge on any atom is 0.113 e. The standard InChI is InChI=1S/C13H23N3S/c1-10(2)16-7-4-5-13(14,6-8-16)12-15-11(3)9-17-12/h9-10H,4-8,14H2,1-3H3. The maximum absolute atomic E-state index is 6.58. The molecule has 1 aliphatic rings. The van der Waals surface area contributed by atoms with Gasteiger partial charge in [-0.1, -0.05) is 0 Å². The van der Waals surface area contributed by atoms with Crippen LogP contribution in [0.15, 0.2) is 5.38 Å². The van der Waals surface area contributed by atoms with Crippen LogP contribution in [0, 0.1) is 6.92 Å². The third-order valence-corrected chi connectivity index (χ3v) is 4.87. The predicted molar refractivity (Wildman–Crippen MR) is 73.3 cm³/mol. The van der Waals surface area contributed by atoms with Crippen molar-refractivity contribution in [1.82, 2.24) is 9.88 Å². The molecule has 1 aromatic heterocycles. The molecule has 3 nitrogen and oxygen atoms in total. The number of hydrogen-bond acceptors (Lipinski definition) is 4. The lowest BCUT2D eigenvalue weighted by Crippen LogP contribution is -2.38. The van der Waals surface area contributed by atoms with Crippen molar-refractivity contribution in [1.29, 1.82) is 0 Å². The Morgan fingerprint density at radius 3 is 2.76 bits per heavy atom. The molecule has 0 aromatic carbocycles. The number of rotatable bonds is 2. The van der Waals surface area contributed by atoms with Crippen molar-refractivity contribution < 1.29 is 0 Å². The van der Waals surface area contributed by atoms with E-state index in [1.807, 2.05) is 6.92 Å². The predicted octanol–water partition coefficient (Wildman–Crippen LogP) is 2.50. The highest BCUT2D eigenvalue weighted by atomic mass is 32.1. The van der Waals surface area contributed by atoms with Crippen LogP contribution in [0.25, 0.3) is 0 Å². The molecule has 1 saturated heterocycles. The Kier molecular flexibility index (Phi) is 3.85. The van der Waals surface area contributed by atoms with Crippen LogP contribution in [0.1, 0.15) is 43.8 Å². The minimum atomic E-state index is -0.192. The molecule has 2 rings (SSSR count). The summed E-state index contributed by atoms with van der Waals surface area (Å²) in [4.78, 5) is 7.12. The Hall–Kier alpha value is -0.450. The third-order valence-electron chi connectivity index (χ3n) is 3.69. The van der Waals surface area contributed by atoms with E-state index in [9.17, 15) is 0 Å². The zero-order chi connectivity index (χ0) is 12.5. The molecule has 0 radical (unpaired) electrons. The van der Waals surface area contributed by atoms with Crippen molar-refractivity contribution in [2.75, 3.05) is 13.1 Å². The van der Waals surface area contributed by atoms with Gasteiger partial charge in [-0.25, -0.2) is 4.98 Å². The van der Waals surface area contributed by atoms with Crippen LogP contribution < -0.4 is 5.73 Å². The Morgan fingerprint density at radius 1 is 1.41 bits per heavy atom. The first-order chi connectivity index (χ1) is 8.01. The minimum Gasteiger partial charge on any atom is -0.319 e. The van der Waals surface area contributed by atoms with Gasteiger partial charge in [0.2, 0.25) is 0 Å². The fourth-order valence-electron chi connectivity index (χ4n) is 2.49. The average molecular weight is 253 g/mol. The molecule has 1 unspecified atom stereocenters. The van der Waals surface area contributed by atoms with Gasteiger partial charge in [-0.05, 0) is 46.6 Å². The van der Waals surface area contributed by atoms with Crippen molar-refractivity contribution in [3.8, 4) is 0 Å². The van der Waals surface area contributed by atoms with Gasteiger partial charge in [0.1, 0.15) is 5.01 Å². The Labute approximate surface area is 108 Å². The van der Waals surface area contributed by atoms with E-state index in [0.29, 0.717) is 6.04 Å². The normalized spacial score (nSPS) is 27.4. The van der Waals surface area contributed by atoms with E-state index in [-0.39, 0.29) is 5.54 Å². The van der Waals surface area contributed by atoms with Crippen LogP contribution in [0.4, 0.5) is 0 Å². The molecule has 1 atom stereocenters. The summed E-state index contributed by atoms with van der Waals surface area (Å²) in [7, 11) is 0. The van der Waals surface area contributed by atoms with E-state index in [2.05, 4.69) is 29.1 Å². The fraction of sp³-hybridized carbons (Fsp3) is 0.769. The van der Waals surface area contributed by atoms with Crippen LogP contribution in [0.2, 0.25) is 0 Å². The van der Waals surface area contributed by atoms with Crippen LogP contribution >= 0.6 is 11.3 Å². The number of thiazole rings is 1. The molecule has 1 fully saturated rings. The second-order valence-electron chi connectivity index (χ2n) is 5.43. The first-order valence-corrected chi connectivity index (χ1v) is 7.35. The lowest BCUT2D eigenvalue weighted by Gasteiger charge is -2.27. The number of aryl methyl sites for hydroxylation is 1. The summed E-state index contributed by atoms with van der Waals surface area (Å²) >= 11 is 1.72. The van der Waals surface area contributed by atoms with Crippen molar-refractivity contribution in [3.05, 3.63) is 16.1 Å². The summed E-state index contributed by atoms with van der Waals surface area (Å²) in [5.74, 6) is 0. The Balaban J connectivity index is 2.11. The number of nitrogens with two attached hydrogens (primary N) is 1. The summed E-state index contributed by atoms with van der Waals surface area (Å²) in [6, 6.07) is 0.621. The van der Waals surface area contributed by atoms with Gasteiger partial charge in [0.05, 0.1) is 5.54 Å². The average Bonchev–Trinajstić information content (AvgIpc) is 2.59. The summed E-state index contributed by atoms with van der Waals surface area (Å²) in [5, 5.41) is 3.23. The zero-order valence-electron chi connectivity index (χ0n) is 11.1. The van der Waals surface area contributed by atoms with Crippen LogP contribution in [0.3, 0.4) is 0 Å². The molecular formula is C13H23N3S. The van der Waals surface area contributed by atoms with E-state index in [1.54, 1.807) is 11.3 Å². The number of hydrogen-bond donors (Lipinski definition) is 1. The molecule has 1 aromatic rings. The van der Waals surface area contributed by atoms with Gasteiger partial charge in [-0.2, -0.15) is 0 Å². The summed E-state index contributed by atoms with van der Waals surface area (Å²) in [6.07, 6.45) is 3.26. The van der Waals surface area contributed by atoms with Gasteiger partial charge < -0.3 is 10.6 Å². The van der Waals surface area contributed by atoms with Crippen molar-refractivity contribution in [2.45, 2.75) is 51.6 Å². The highest BCUT2D eigenvalue weighted by Gasteiger charge is 2.33. The zero-order valence-corrected chi connectivity index (χ0v) is 11.9. The fourth-order valence-corrected chi connectivity index (χ4v) is 3.46. The molecule has 0 saturated carbocycles. The smallest absolute Gasteiger partial charge is 0.113 e. The van der Waals surface area contributed by atoms with Gasteiger partial charge in [0.25, 0.3) is 0 Å². The Morgan fingerprint density at radius 2 is 2.18 bits per heavy atom. The lowest BCUT2D eigenvalue weighted by molar-refractivity contribution is 0.225. The topological polar surface area (TPSA) is 42.1 Å². The molecule has 0 aliphatic carbocycles. The quantitative estimate of drug-likeness (QED) is 0.880. The molecule has 2 N–H and O–H groups in total. The SMILES string of the molecule is Cc1csc(C2(N)CCCN(C(C)C)CC2)n1. The van der Waals surface area contributed by atoms with Crippen LogP contribution in [-0.4, -0.2) is 29.0 Å². The van der Waals surface area contributed by atoms with E-state index in [4.69, 9.17) is 5.73 Å². The molecule has 17 heavy (non-hydrogen) atoms. The summed E-state index contributed by atoms with van der Waals surface area (Å²) in [5.41, 5.74) is 7.48. The van der Waals surface area contributed by atoms with E-state index in [0.717, 1.165) is 30.1 Å². The van der Waals surface area contributed by atoms with Gasteiger partial charge in [0.15, 0.2) is 0 Å². The maximum atomic E-state index is 6.58. The van der Waals surface area contributed by atoms with Crippen molar-refractivity contribution in [3.63, 3.8) is 0 Å². The lowest BCUT2D eigenvalue weighted by atomic mass is 9.92. The van der Waals surface area contributed by atoms with E-state index < -0.39 is 0 Å². The van der Waals surface area contributed by atoms with Crippen LogP contribution in [-0.2, 0) is 5.54 Å².